The Labute approximate surface area is 184 Å². The minimum atomic E-state index is -1.44. The Balaban J connectivity index is 1.62. The fraction of sp³-hybridized carbons (Fsp3) is 0.375. The Bertz CT molecular complexity index is 1160. The van der Waals surface area contributed by atoms with Crippen molar-refractivity contribution < 1.29 is 23.9 Å². The normalized spacial score (nSPS) is 29.5. The monoisotopic (exact) mass is 437 g/mol. The van der Waals surface area contributed by atoms with E-state index in [0.717, 1.165) is 16.0 Å². The van der Waals surface area contributed by atoms with Crippen molar-refractivity contribution in [2.24, 2.45) is 11.8 Å². The Morgan fingerprint density at radius 3 is 2.44 bits per heavy atom. The van der Waals surface area contributed by atoms with Crippen molar-refractivity contribution in [3.63, 3.8) is 0 Å². The lowest BCUT2D eigenvalue weighted by molar-refractivity contribution is -0.143. The molecule has 0 saturated carbocycles. The molecule has 2 aromatic carbocycles. The van der Waals surface area contributed by atoms with Crippen LogP contribution in [-0.4, -0.2) is 39.9 Å². The van der Waals surface area contributed by atoms with Crippen molar-refractivity contribution in [1.82, 2.24) is 10.2 Å². The molecule has 0 aromatic heterocycles. The van der Waals surface area contributed by atoms with E-state index >= 15 is 0 Å². The van der Waals surface area contributed by atoms with Crippen molar-refractivity contribution in [3.8, 4) is 0 Å². The number of rotatable bonds is 3. The van der Waals surface area contributed by atoms with E-state index in [1.54, 1.807) is 6.92 Å². The third-order valence-corrected chi connectivity index (χ3v) is 7.22. The topological polar surface area (TPSA) is 98.7 Å². The van der Waals surface area contributed by atoms with Crippen LogP contribution in [-0.2, 0) is 26.5 Å². The van der Waals surface area contributed by atoms with Crippen LogP contribution in [0.25, 0.3) is 0 Å². The Kier molecular flexibility index (Phi) is 4.51. The van der Waals surface area contributed by atoms with Crippen LogP contribution in [0.2, 0.25) is 0 Å². The van der Waals surface area contributed by atoms with E-state index in [9.17, 15) is 23.9 Å². The number of nitrogens with one attached hydrogen (secondary N) is 2. The van der Waals surface area contributed by atoms with Gasteiger partial charge in [0.15, 0.2) is 0 Å². The number of anilines is 1. The summed E-state index contributed by atoms with van der Waals surface area (Å²) in [6.45, 7) is 5.36. The first kappa shape index (κ1) is 20.8. The van der Waals surface area contributed by atoms with E-state index in [1.165, 1.54) is 24.3 Å². The maximum atomic E-state index is 13.6. The molecule has 166 valence electrons. The van der Waals surface area contributed by atoms with Crippen LogP contribution in [0.5, 0.6) is 0 Å². The number of likely N-dealkylation sites (tertiary alicyclic amines) is 1. The lowest BCUT2D eigenvalue weighted by atomic mass is 9.76. The molecule has 7 nitrogen and oxygen atoms in total. The summed E-state index contributed by atoms with van der Waals surface area (Å²) in [4.78, 5) is 41.6. The second-order valence-electron chi connectivity index (χ2n) is 9.00. The van der Waals surface area contributed by atoms with Crippen molar-refractivity contribution >= 4 is 23.4 Å². The van der Waals surface area contributed by atoms with Gasteiger partial charge in [-0.1, -0.05) is 24.3 Å². The number of hydrogen-bond donors (Lipinski definition) is 3. The summed E-state index contributed by atoms with van der Waals surface area (Å²) in [5.74, 6) is -3.60. The summed E-state index contributed by atoms with van der Waals surface area (Å²) >= 11 is 0. The number of carbonyl (C=O) groups excluding carboxylic acids is 3. The molecule has 5 rings (SSSR count). The number of imide groups is 1. The van der Waals surface area contributed by atoms with E-state index in [-0.39, 0.29) is 6.54 Å². The standard InChI is InChI=1S/C24H24FN3O4/c1-11-4-9-16-19(12(11)2)26-23(32)24(16)18-17(20(27-24)13(3)29)21(30)28(22(18)31)10-14-5-7-15(25)8-6-14/h4-9,13,17-18,20,27,29H,10H2,1-3H3,(H,26,32)/t13-,17-,18-,20+,24-/m0/s1. The molecular formula is C24H24FN3O4. The summed E-state index contributed by atoms with van der Waals surface area (Å²) in [7, 11) is 0. The largest absolute Gasteiger partial charge is 0.392 e. The molecule has 1 spiro atoms. The molecule has 2 fully saturated rings. The number of benzene rings is 2. The van der Waals surface area contributed by atoms with E-state index in [1.807, 2.05) is 26.0 Å². The first-order chi connectivity index (χ1) is 15.2. The minimum Gasteiger partial charge on any atom is -0.392 e. The molecule has 3 N–H and O–H groups in total. The second-order valence-corrected chi connectivity index (χ2v) is 9.00. The van der Waals surface area contributed by atoms with Crippen molar-refractivity contribution in [2.45, 2.75) is 45.0 Å². The number of aryl methyl sites for hydroxylation is 1. The highest BCUT2D eigenvalue weighted by Crippen LogP contribution is 2.54. The van der Waals surface area contributed by atoms with Gasteiger partial charge in [0.2, 0.25) is 17.7 Å². The molecule has 0 radical (unpaired) electrons. The average molecular weight is 437 g/mol. The molecule has 0 unspecified atom stereocenters. The summed E-state index contributed by atoms with van der Waals surface area (Å²) in [5.41, 5.74) is 2.32. The summed E-state index contributed by atoms with van der Waals surface area (Å²) < 4.78 is 13.3. The van der Waals surface area contributed by atoms with Gasteiger partial charge in [0.1, 0.15) is 11.4 Å². The third-order valence-electron chi connectivity index (χ3n) is 7.22. The maximum Gasteiger partial charge on any atom is 0.250 e. The fourth-order valence-corrected chi connectivity index (χ4v) is 5.45. The van der Waals surface area contributed by atoms with Gasteiger partial charge in [0.25, 0.3) is 0 Å². The van der Waals surface area contributed by atoms with Gasteiger partial charge in [-0.3, -0.25) is 24.6 Å². The van der Waals surface area contributed by atoms with E-state index in [0.29, 0.717) is 16.8 Å². The highest BCUT2D eigenvalue weighted by molar-refractivity contribution is 6.15. The van der Waals surface area contributed by atoms with Crippen molar-refractivity contribution in [3.05, 3.63) is 64.5 Å². The van der Waals surface area contributed by atoms with E-state index < -0.39 is 53.1 Å². The van der Waals surface area contributed by atoms with E-state index in [2.05, 4.69) is 10.6 Å². The van der Waals surface area contributed by atoms with Crippen LogP contribution >= 0.6 is 0 Å². The number of halogens is 1. The van der Waals surface area contributed by atoms with Crippen LogP contribution in [0.15, 0.2) is 36.4 Å². The van der Waals surface area contributed by atoms with Crippen LogP contribution in [0, 0.1) is 31.5 Å². The predicted molar refractivity (Wildman–Crippen MR) is 114 cm³/mol. The zero-order chi connectivity index (χ0) is 22.9. The van der Waals surface area contributed by atoms with Crippen LogP contribution in [0.3, 0.4) is 0 Å². The molecule has 32 heavy (non-hydrogen) atoms. The Morgan fingerprint density at radius 2 is 1.78 bits per heavy atom. The molecule has 5 atom stereocenters. The molecule has 3 heterocycles. The SMILES string of the molecule is Cc1ccc2c(c1C)NC(=O)[C@]21N[C@H]([C@H](C)O)[C@H]2C(=O)N(Cc3ccc(F)cc3)C(=O)[C@H]21. The summed E-state index contributed by atoms with van der Waals surface area (Å²) in [5, 5.41) is 16.6. The predicted octanol–water partition coefficient (Wildman–Crippen LogP) is 1.74. The molecule has 3 amide bonds. The van der Waals surface area contributed by atoms with Gasteiger partial charge in [-0.2, -0.15) is 0 Å². The second kappa shape index (κ2) is 6.95. The highest BCUT2D eigenvalue weighted by Gasteiger charge is 2.71. The molecule has 0 bridgehead atoms. The van der Waals surface area contributed by atoms with Crippen LogP contribution in [0.1, 0.15) is 29.2 Å². The highest BCUT2D eigenvalue weighted by atomic mass is 19.1. The van der Waals surface area contributed by atoms with Crippen LogP contribution in [0.4, 0.5) is 10.1 Å². The lowest BCUT2D eigenvalue weighted by Gasteiger charge is -2.30. The molecule has 0 aliphatic carbocycles. The molecule has 2 aromatic rings. The van der Waals surface area contributed by atoms with Crippen molar-refractivity contribution in [1.29, 1.82) is 0 Å². The number of carbonyl (C=O) groups is 3. The fourth-order valence-electron chi connectivity index (χ4n) is 5.45. The minimum absolute atomic E-state index is 0.0189. The first-order valence-corrected chi connectivity index (χ1v) is 10.6. The summed E-state index contributed by atoms with van der Waals surface area (Å²) in [6, 6.07) is 8.52. The molecule has 2 saturated heterocycles. The molecular weight excluding hydrogens is 413 g/mol. The third kappa shape index (κ3) is 2.63. The summed E-state index contributed by atoms with van der Waals surface area (Å²) in [6.07, 6.45) is -0.965. The number of nitrogens with zero attached hydrogens (tertiary/aromatic N) is 1. The number of hydrogen-bond acceptors (Lipinski definition) is 5. The smallest absolute Gasteiger partial charge is 0.250 e. The number of aliphatic hydroxyl groups is 1. The van der Waals surface area contributed by atoms with Gasteiger partial charge in [0, 0.05) is 17.3 Å². The molecule has 3 aliphatic rings. The van der Waals surface area contributed by atoms with Gasteiger partial charge in [0.05, 0.1) is 24.5 Å². The molecule has 8 heteroatoms. The average Bonchev–Trinajstić information content (AvgIpc) is 3.34. The molecule has 3 aliphatic heterocycles. The van der Waals surface area contributed by atoms with Gasteiger partial charge in [-0.15, -0.1) is 0 Å². The van der Waals surface area contributed by atoms with Gasteiger partial charge < -0.3 is 10.4 Å². The zero-order valence-electron chi connectivity index (χ0n) is 18.0. The quantitative estimate of drug-likeness (QED) is 0.636. The Hall–Kier alpha value is -3.10. The van der Waals surface area contributed by atoms with Gasteiger partial charge in [-0.05, 0) is 49.6 Å². The first-order valence-electron chi connectivity index (χ1n) is 10.6. The van der Waals surface area contributed by atoms with Crippen LogP contribution < -0.4 is 10.6 Å². The zero-order valence-corrected chi connectivity index (χ0v) is 18.0. The number of aliphatic hydroxyl groups excluding tert-OH is 1. The number of amides is 3. The van der Waals surface area contributed by atoms with E-state index in [4.69, 9.17) is 0 Å². The van der Waals surface area contributed by atoms with Gasteiger partial charge >= 0.3 is 0 Å². The van der Waals surface area contributed by atoms with Crippen molar-refractivity contribution in [2.75, 3.05) is 5.32 Å². The lowest BCUT2D eigenvalue weighted by Crippen LogP contribution is -2.54. The maximum absolute atomic E-state index is 13.6. The number of fused-ring (bicyclic) bond motifs is 4. The van der Waals surface area contributed by atoms with Gasteiger partial charge in [-0.25, -0.2) is 4.39 Å². The Morgan fingerprint density at radius 1 is 1.09 bits per heavy atom.